The molecule has 2 bridgehead atoms. The van der Waals surface area contributed by atoms with E-state index in [2.05, 4.69) is 119 Å². The molecule has 5 aromatic carbocycles. The molecule has 81 heavy (non-hydrogen) atoms. The Bertz CT molecular complexity index is 3320. The maximum atomic E-state index is 12.1. The van der Waals surface area contributed by atoms with Gasteiger partial charge < -0.3 is 55.0 Å². The summed E-state index contributed by atoms with van der Waals surface area (Å²) >= 11 is 0. The lowest BCUT2D eigenvalue weighted by Gasteiger charge is -2.50. The normalized spacial score (nSPS) is 23.6. The van der Waals surface area contributed by atoms with Gasteiger partial charge in [0.2, 0.25) is 0 Å². The number of hydrogen-bond donors (Lipinski definition) is 9. The number of aromatic hydroxyl groups is 2. The molecule has 0 spiro atoms. The quantitative estimate of drug-likeness (QED) is 0.0213. The number of nitrogens with one attached hydrogen (secondary N) is 5. The van der Waals surface area contributed by atoms with E-state index in [0.717, 1.165) is 93.4 Å². The first kappa shape index (κ1) is 55.2. The topological polar surface area (TPSA) is 182 Å². The maximum absolute atomic E-state index is 12.1. The van der Waals surface area contributed by atoms with Crippen molar-refractivity contribution in [1.29, 1.82) is 0 Å². The van der Waals surface area contributed by atoms with Crippen LogP contribution in [0.5, 0.6) is 28.7 Å². The lowest BCUT2D eigenvalue weighted by molar-refractivity contribution is -0.144. The number of aromatic nitrogens is 1. The molecular formula is C68H81N5O8. The number of ether oxygens (including phenoxy) is 4. The molecule has 12 rings (SSSR count). The molecule has 0 saturated heterocycles. The molecule has 4 heterocycles. The second-order valence-corrected chi connectivity index (χ2v) is 24.4. The number of fused-ring (bicyclic) bond motifs is 12. The minimum Gasteiger partial charge on any atom is -0.507 e. The van der Waals surface area contributed by atoms with Gasteiger partial charge in [-0.05, 0) is 163 Å². The van der Waals surface area contributed by atoms with Gasteiger partial charge >= 0.3 is 0 Å². The van der Waals surface area contributed by atoms with E-state index in [4.69, 9.17) is 18.9 Å². The average molecular weight is 1100 g/mol. The molecule has 9 N–H and O–H groups in total. The van der Waals surface area contributed by atoms with Gasteiger partial charge in [-0.2, -0.15) is 0 Å². The molecule has 3 aliphatic carbocycles. The van der Waals surface area contributed by atoms with E-state index >= 15 is 0 Å². The Hall–Kier alpha value is -6.34. The molecule has 7 atom stereocenters. The highest BCUT2D eigenvalue weighted by Crippen LogP contribution is 2.62. The van der Waals surface area contributed by atoms with Gasteiger partial charge in [0.1, 0.15) is 35.0 Å². The molecule has 1 aromatic heterocycles. The molecule has 6 aromatic rings. The highest BCUT2D eigenvalue weighted by Gasteiger charge is 2.55. The second kappa shape index (κ2) is 23.9. The van der Waals surface area contributed by atoms with Crippen LogP contribution in [0.1, 0.15) is 141 Å². The van der Waals surface area contributed by atoms with Gasteiger partial charge in [-0.3, -0.25) is 10.6 Å². The summed E-state index contributed by atoms with van der Waals surface area (Å²) < 4.78 is 28.8. The highest BCUT2D eigenvalue weighted by molar-refractivity contribution is 5.90. The zero-order chi connectivity index (χ0) is 55.7. The van der Waals surface area contributed by atoms with E-state index in [1.54, 1.807) is 6.07 Å². The first-order valence-electron chi connectivity index (χ1n) is 30.0. The van der Waals surface area contributed by atoms with E-state index < -0.39 is 29.5 Å². The summed E-state index contributed by atoms with van der Waals surface area (Å²) in [7, 11) is 0. The Morgan fingerprint density at radius 2 is 1.72 bits per heavy atom. The third-order valence-electron chi connectivity index (χ3n) is 18.0. The average Bonchev–Trinajstić information content (AvgIpc) is 3.48. The van der Waals surface area contributed by atoms with Crippen LogP contribution >= 0.6 is 0 Å². The van der Waals surface area contributed by atoms with Crippen LogP contribution in [0, 0.1) is 17.8 Å². The molecule has 13 nitrogen and oxygen atoms in total. The molecule has 13 heteroatoms. The second-order valence-electron chi connectivity index (χ2n) is 24.4. The van der Waals surface area contributed by atoms with Crippen molar-refractivity contribution in [1.82, 2.24) is 26.3 Å². The first-order chi connectivity index (χ1) is 39.5. The highest BCUT2D eigenvalue weighted by atomic mass is 16.6. The van der Waals surface area contributed by atoms with Crippen LogP contribution in [0.3, 0.4) is 0 Å². The number of aliphatic hydroxyl groups is 2. The maximum Gasteiger partial charge on any atom is 0.161 e. The zero-order valence-electron chi connectivity index (χ0n) is 47.3. The lowest BCUT2D eigenvalue weighted by Crippen LogP contribution is -2.62. The third kappa shape index (κ3) is 11.3. The fraction of sp³-hybridized carbons (Fsp3) is 0.471. The van der Waals surface area contributed by atoms with Crippen LogP contribution in [-0.2, 0) is 30.4 Å². The van der Waals surface area contributed by atoms with Crippen molar-refractivity contribution in [3.05, 3.63) is 141 Å². The van der Waals surface area contributed by atoms with Crippen LogP contribution < -0.4 is 35.5 Å². The lowest BCUT2D eigenvalue weighted by atomic mass is 9.62. The van der Waals surface area contributed by atoms with Gasteiger partial charge in [-0.25, -0.2) is 0 Å². The fourth-order valence-electron chi connectivity index (χ4n) is 14.4. The van der Waals surface area contributed by atoms with Crippen LogP contribution in [0.15, 0.2) is 96.7 Å². The summed E-state index contributed by atoms with van der Waals surface area (Å²) in [6.07, 6.45) is 14.0. The van der Waals surface area contributed by atoms with Crippen LogP contribution in [-0.4, -0.2) is 101 Å². The molecule has 0 amide bonds. The number of hydrogen-bond acceptors (Lipinski definition) is 12. The Balaban J connectivity index is 1.02. The van der Waals surface area contributed by atoms with Crippen LogP contribution in [0.2, 0.25) is 0 Å². The van der Waals surface area contributed by atoms with E-state index in [0.29, 0.717) is 81.7 Å². The largest absolute Gasteiger partial charge is 0.507 e. The number of aliphatic hydroxyl groups excluding tert-OH is 1. The van der Waals surface area contributed by atoms with Gasteiger partial charge in [0.15, 0.2) is 17.6 Å². The Morgan fingerprint density at radius 1 is 0.877 bits per heavy atom. The van der Waals surface area contributed by atoms with Gasteiger partial charge in [0, 0.05) is 78.5 Å². The van der Waals surface area contributed by atoms with E-state index in [9.17, 15) is 20.4 Å². The number of phenols is 2. The van der Waals surface area contributed by atoms with Gasteiger partial charge in [0.05, 0.1) is 25.5 Å². The standard InChI is InChI=1S/C68H81N5O8/c1-42(2)35-67(3,77)39-70-40-72-60-18-10-11-30-78-59-33-46(20-25-58(59)76)66-68(60,79-41-73-48-16-8-5-9-17-48)36-55-52-34-54-61(45-19-24-56-44(31-45)27-29-71-56)47(37-69-28-12-15-43-13-6-4-7-14-43)32-53-57(75)26-23-50(62(53)54)63(52)65-51(64(55)81-66)22-21-49(38-74)80-65/h4,6-7,13-14,19-20,23-27,29,31-33,42,48-49,54,60-61,66,69-77H,5,8-9,11-12,15-17,21-22,28,30,34-41H2,1-3H3. The Morgan fingerprint density at radius 3 is 2.56 bits per heavy atom. The van der Waals surface area contributed by atoms with E-state index in [1.807, 2.05) is 31.3 Å². The summed E-state index contributed by atoms with van der Waals surface area (Å²) in [5.41, 5.74) is 10.5. The van der Waals surface area contributed by atoms with E-state index in [1.165, 1.54) is 36.0 Å². The van der Waals surface area contributed by atoms with Crippen molar-refractivity contribution in [2.45, 2.75) is 152 Å². The van der Waals surface area contributed by atoms with Crippen molar-refractivity contribution in [3.8, 4) is 51.7 Å². The summed E-state index contributed by atoms with van der Waals surface area (Å²) in [5, 5.41) is 61.9. The van der Waals surface area contributed by atoms with Gasteiger partial charge in [-0.1, -0.05) is 93.5 Å². The summed E-state index contributed by atoms with van der Waals surface area (Å²) in [4.78, 5) is 3.42. The Kier molecular flexibility index (Phi) is 16.3. The molecule has 7 unspecified atom stereocenters. The Labute approximate surface area is 477 Å². The predicted octanol–water partition coefficient (Wildman–Crippen LogP) is 10.4. The molecule has 426 valence electrons. The number of aryl methyl sites for hydroxylation is 1. The van der Waals surface area contributed by atoms with Crippen LogP contribution in [0.4, 0.5) is 0 Å². The number of phenolic OH excluding ortho intramolecular Hbond substituents is 2. The zero-order valence-corrected chi connectivity index (χ0v) is 47.3. The van der Waals surface area contributed by atoms with Crippen molar-refractivity contribution in [2.24, 2.45) is 5.92 Å². The van der Waals surface area contributed by atoms with Crippen LogP contribution in [0.25, 0.3) is 28.1 Å². The predicted molar refractivity (Wildman–Crippen MR) is 318 cm³/mol. The van der Waals surface area contributed by atoms with Gasteiger partial charge in [-0.15, -0.1) is 0 Å². The molecule has 1 fully saturated rings. The molecule has 3 aliphatic heterocycles. The smallest absolute Gasteiger partial charge is 0.161 e. The van der Waals surface area contributed by atoms with Crippen molar-refractivity contribution >= 4 is 17.0 Å². The summed E-state index contributed by atoms with van der Waals surface area (Å²) in [5.74, 6) is 9.40. The van der Waals surface area contributed by atoms with Crippen molar-refractivity contribution in [3.63, 3.8) is 0 Å². The SMILES string of the molecule is CC(C)CC(C)(O)CNCNC1C#CCCOc2cc(ccc2O)C2Oc3c(c4c(c5c3CCC(CO)O5)-c3ccc(O)c5c3C(C4)C(c3ccc4[nH]ccc4c3)C(CNCCCc3ccccc3)=C5)CC12OCNC1CCCCC1. The number of benzene rings is 5. The van der Waals surface area contributed by atoms with E-state index in [-0.39, 0.29) is 43.3 Å². The van der Waals surface area contributed by atoms with Crippen molar-refractivity contribution < 1.29 is 39.4 Å². The fourth-order valence-corrected chi connectivity index (χ4v) is 14.4. The minimum absolute atomic E-state index is 0.0347. The summed E-state index contributed by atoms with van der Waals surface area (Å²) in [6.45, 7) is 8.70. The number of aromatic amines is 1. The van der Waals surface area contributed by atoms with Crippen molar-refractivity contribution in [2.75, 3.05) is 46.2 Å². The third-order valence-corrected chi connectivity index (χ3v) is 18.0. The summed E-state index contributed by atoms with van der Waals surface area (Å²) in [6, 6.07) is 28.7. The molecular weight excluding hydrogens is 1010 g/mol. The minimum atomic E-state index is -1.20. The molecule has 6 aliphatic rings. The number of rotatable bonds is 19. The number of H-pyrrole nitrogens is 1. The molecule has 0 radical (unpaired) electrons. The monoisotopic (exact) mass is 1100 g/mol. The first-order valence-corrected chi connectivity index (χ1v) is 30.0. The van der Waals surface area contributed by atoms with Gasteiger partial charge in [0.25, 0.3) is 0 Å². The molecule has 1 saturated carbocycles.